The highest BCUT2D eigenvalue weighted by Crippen LogP contribution is 2.28. The van der Waals surface area contributed by atoms with E-state index < -0.39 is 52.3 Å². The van der Waals surface area contributed by atoms with E-state index in [2.05, 4.69) is 31.6 Å². The molecule has 0 aliphatic heterocycles. The number of aromatic nitrogens is 3. The molecule has 69 heavy (non-hydrogen) atoms. The summed E-state index contributed by atoms with van der Waals surface area (Å²) in [6.07, 6.45) is -0.213. The first-order valence-electron chi connectivity index (χ1n) is 21.6. The number of carboxylic acid groups (broad SMARTS) is 3. The van der Waals surface area contributed by atoms with Gasteiger partial charge in [-0.15, -0.1) is 5.10 Å². The molecule has 0 spiro atoms. The number of ether oxygens (including phenoxy) is 8. The third-order valence-electron chi connectivity index (χ3n) is 8.92. The molecule has 1 aromatic carbocycles. The van der Waals surface area contributed by atoms with Crippen LogP contribution in [0.25, 0.3) is 0 Å². The molecule has 388 valence electrons. The Balaban J connectivity index is 1.36. The number of nitrogens with one attached hydrogen (secondary N) is 4. The maximum absolute atomic E-state index is 12.5. The summed E-state index contributed by atoms with van der Waals surface area (Å²) in [5, 5.41) is 67.2. The number of rotatable bonds is 43. The van der Waals surface area contributed by atoms with Crippen LogP contribution < -0.4 is 21.3 Å². The SMILES string of the molecule is O=C(O)CC[C@H](NC(=O)N[C@@H](CCCCNC(=O)Cn1nnc(COCCOCCOCCOCCOCCOCCOCCOCCNc2ccc([N+](=O)[O-])cc2[N+](=O)[O-])c1[125I])C(=O)O)C(=O)O. The number of benzene rings is 1. The van der Waals surface area contributed by atoms with Gasteiger partial charge in [0, 0.05) is 25.6 Å². The van der Waals surface area contributed by atoms with Gasteiger partial charge in [0.15, 0.2) is 0 Å². The van der Waals surface area contributed by atoms with Crippen molar-refractivity contribution in [1.29, 1.82) is 0 Å². The Kier molecular flexibility index (Phi) is 31.5. The molecule has 1 aromatic heterocycles. The topological polar surface area (TPSA) is 385 Å². The average molecular weight is 1100 g/mol. The molecule has 0 fully saturated rings. The minimum absolute atomic E-state index is 0.00820. The first kappa shape index (κ1) is 59.6. The molecule has 1 heterocycles. The summed E-state index contributed by atoms with van der Waals surface area (Å²) in [5.74, 6) is -4.41. The smallest absolute Gasteiger partial charge is 0.326 e. The summed E-state index contributed by atoms with van der Waals surface area (Å²) in [4.78, 5) is 78.8. The fourth-order valence-electron chi connectivity index (χ4n) is 5.46. The number of anilines is 1. The Labute approximate surface area is 408 Å². The van der Waals surface area contributed by atoms with Gasteiger partial charge in [-0.1, -0.05) is 5.21 Å². The zero-order valence-electron chi connectivity index (χ0n) is 37.8. The van der Waals surface area contributed by atoms with E-state index in [1.54, 1.807) is 0 Å². The van der Waals surface area contributed by atoms with Crippen LogP contribution in [-0.4, -0.2) is 194 Å². The zero-order valence-corrected chi connectivity index (χ0v) is 39.9. The monoisotopic (exact) mass is 1100 g/mol. The quantitative estimate of drug-likeness (QED) is 0.0209. The summed E-state index contributed by atoms with van der Waals surface area (Å²) in [5.41, 5.74) is -0.0553. The molecular formula is C39H60IN9O20. The normalized spacial score (nSPS) is 12.0. The molecular weight excluding hydrogens is 1040 g/mol. The molecule has 2 atom stereocenters. The third-order valence-corrected chi connectivity index (χ3v) is 10.1. The number of carbonyl (C=O) groups excluding carboxylic acids is 2. The number of halogens is 1. The van der Waals surface area contributed by atoms with E-state index in [0.29, 0.717) is 108 Å². The zero-order chi connectivity index (χ0) is 50.7. The Bertz CT molecular complexity index is 1880. The lowest BCUT2D eigenvalue weighted by Gasteiger charge is -2.18. The predicted molar refractivity (Wildman–Crippen MR) is 245 cm³/mol. The molecule has 2 rings (SSSR count). The van der Waals surface area contributed by atoms with Crippen molar-refractivity contribution in [2.24, 2.45) is 0 Å². The number of nitrogens with zero attached hydrogens (tertiary/aromatic N) is 5. The number of amides is 3. The van der Waals surface area contributed by atoms with Crippen molar-refractivity contribution in [2.45, 2.75) is 57.3 Å². The summed E-state index contributed by atoms with van der Waals surface area (Å²) in [6.45, 7) is 5.80. The summed E-state index contributed by atoms with van der Waals surface area (Å²) >= 11 is 2.00. The van der Waals surface area contributed by atoms with Gasteiger partial charge in [0.05, 0.1) is 122 Å². The van der Waals surface area contributed by atoms with E-state index in [0.717, 1.165) is 6.07 Å². The third kappa shape index (κ3) is 27.9. The number of unbranched alkanes of at least 4 members (excludes halogenated alkanes) is 1. The van der Waals surface area contributed by atoms with Gasteiger partial charge in [0.25, 0.3) is 11.4 Å². The van der Waals surface area contributed by atoms with Crippen molar-refractivity contribution in [3.05, 3.63) is 47.8 Å². The van der Waals surface area contributed by atoms with Gasteiger partial charge in [-0.2, -0.15) is 0 Å². The first-order valence-corrected chi connectivity index (χ1v) is 22.6. The maximum atomic E-state index is 12.5. The maximum Gasteiger partial charge on any atom is 0.326 e. The van der Waals surface area contributed by atoms with Crippen LogP contribution in [0, 0.1) is 23.9 Å². The number of nitro benzene ring substituents is 2. The van der Waals surface area contributed by atoms with Gasteiger partial charge >= 0.3 is 23.9 Å². The van der Waals surface area contributed by atoms with Crippen molar-refractivity contribution >= 4 is 69.5 Å². The second-order valence-corrected chi connectivity index (χ2v) is 15.2. The van der Waals surface area contributed by atoms with Crippen LogP contribution in [0.1, 0.15) is 37.8 Å². The molecule has 7 N–H and O–H groups in total. The second-order valence-electron chi connectivity index (χ2n) is 14.1. The number of non-ortho nitro benzene ring substituents is 1. The van der Waals surface area contributed by atoms with Gasteiger partial charge in [-0.3, -0.25) is 29.8 Å². The number of carbonyl (C=O) groups is 5. The first-order chi connectivity index (χ1) is 33.2. The van der Waals surface area contributed by atoms with Crippen molar-refractivity contribution < 1.29 is 87.0 Å². The summed E-state index contributed by atoms with van der Waals surface area (Å²) < 4.78 is 45.8. The van der Waals surface area contributed by atoms with E-state index in [1.807, 2.05) is 22.6 Å². The fourth-order valence-corrected chi connectivity index (χ4v) is 5.99. The molecule has 0 aliphatic carbocycles. The van der Waals surface area contributed by atoms with Gasteiger partial charge in [-0.25, -0.2) is 19.1 Å². The lowest BCUT2D eigenvalue weighted by molar-refractivity contribution is -0.393. The van der Waals surface area contributed by atoms with Gasteiger partial charge in [0.1, 0.15) is 33.7 Å². The molecule has 29 nitrogen and oxygen atoms in total. The standard InChI is InChI=1S/C39H60IN9O20/c40-36-32(45-46-47(36)26-34(50)42-8-2-1-3-30(37(53)54)43-39(57)44-31(38(55)56)6-7-35(51)52)27-69-24-23-68-22-21-67-20-19-66-18-17-65-16-15-64-14-13-63-12-11-62-10-9-41-29-5-4-28(48(58)59)25-33(29)49(60)61/h4-5,25,30-31,41H,1-3,6-24,26-27H2,(H,42,50)(H,51,52)(H,53,54)(H,55,56)(H2,43,44,57)/t30-,31-/m0/s1/i40-2. The predicted octanol–water partition coefficient (Wildman–Crippen LogP) is 0.801. The molecule has 3 amide bonds. The lowest BCUT2D eigenvalue weighted by Crippen LogP contribution is -2.51. The van der Waals surface area contributed by atoms with Gasteiger partial charge in [0.2, 0.25) is 5.91 Å². The molecule has 0 unspecified atom stereocenters. The van der Waals surface area contributed by atoms with Crippen LogP contribution in [0.4, 0.5) is 21.9 Å². The van der Waals surface area contributed by atoms with Crippen LogP contribution in [0.3, 0.4) is 0 Å². The van der Waals surface area contributed by atoms with Gasteiger partial charge < -0.3 is 74.5 Å². The highest BCUT2D eigenvalue weighted by Gasteiger charge is 2.25. The largest absolute Gasteiger partial charge is 0.481 e. The Morgan fingerprint density at radius 3 is 1.64 bits per heavy atom. The number of hydrogen-bond acceptors (Lipinski definition) is 20. The molecule has 30 heteroatoms. The van der Waals surface area contributed by atoms with E-state index in [9.17, 15) is 54.4 Å². The number of hydrogen-bond donors (Lipinski definition) is 7. The van der Waals surface area contributed by atoms with E-state index in [1.165, 1.54) is 16.8 Å². The van der Waals surface area contributed by atoms with Crippen LogP contribution in [0.2, 0.25) is 0 Å². The molecule has 0 aliphatic rings. The van der Waals surface area contributed by atoms with Crippen molar-refractivity contribution in [1.82, 2.24) is 30.9 Å². The van der Waals surface area contributed by atoms with Crippen LogP contribution in [-0.2, 0) is 70.2 Å². The van der Waals surface area contributed by atoms with Crippen molar-refractivity contribution in [3.8, 4) is 0 Å². The van der Waals surface area contributed by atoms with Gasteiger partial charge in [-0.05, 0) is 54.3 Å². The minimum atomic E-state index is -1.51. The van der Waals surface area contributed by atoms with Crippen LogP contribution in [0.5, 0.6) is 0 Å². The molecule has 0 saturated heterocycles. The lowest BCUT2D eigenvalue weighted by atomic mass is 10.1. The Hall–Kier alpha value is -5.48. The highest BCUT2D eigenvalue weighted by atomic mass is 125. The fraction of sp³-hybridized carbons (Fsp3) is 0.667. The number of carboxylic acids is 3. The van der Waals surface area contributed by atoms with Crippen LogP contribution in [0.15, 0.2) is 18.2 Å². The second kappa shape index (κ2) is 36.5. The van der Waals surface area contributed by atoms with Crippen molar-refractivity contribution in [2.75, 3.05) is 118 Å². The molecule has 0 bridgehead atoms. The summed E-state index contributed by atoms with van der Waals surface area (Å²) in [6, 6.07) is -0.533. The highest BCUT2D eigenvalue weighted by molar-refractivity contribution is 14.1. The van der Waals surface area contributed by atoms with E-state index in [-0.39, 0.29) is 75.3 Å². The van der Waals surface area contributed by atoms with E-state index in [4.69, 9.17) is 43.0 Å². The van der Waals surface area contributed by atoms with Crippen LogP contribution >= 0.6 is 22.6 Å². The number of nitro groups is 2. The van der Waals surface area contributed by atoms with E-state index >= 15 is 0 Å². The number of urea groups is 1. The molecule has 0 saturated carbocycles. The number of aliphatic carboxylic acids is 3. The summed E-state index contributed by atoms with van der Waals surface area (Å²) in [7, 11) is 0. The van der Waals surface area contributed by atoms with Crippen molar-refractivity contribution in [3.63, 3.8) is 0 Å². The Morgan fingerprint density at radius 1 is 0.667 bits per heavy atom. The average Bonchev–Trinajstić information content (AvgIpc) is 3.64. The molecule has 0 radical (unpaired) electrons. The Morgan fingerprint density at radius 2 is 1.16 bits per heavy atom. The molecule has 2 aromatic rings. The minimum Gasteiger partial charge on any atom is -0.481 e.